The van der Waals surface area contributed by atoms with Crippen LogP contribution in [0.5, 0.6) is 0 Å². The summed E-state index contributed by atoms with van der Waals surface area (Å²) in [5, 5.41) is 6.72. The van der Waals surface area contributed by atoms with Crippen molar-refractivity contribution in [2.24, 2.45) is 0 Å². The Balaban J connectivity index is 1.99. The Kier molecular flexibility index (Phi) is 3.46. The molecule has 0 bridgehead atoms. The molecule has 5 nitrogen and oxygen atoms in total. The Labute approximate surface area is 122 Å². The van der Waals surface area contributed by atoms with Crippen LogP contribution in [0.4, 0.5) is 5.69 Å². The maximum Gasteiger partial charge on any atom is 0.246 e. The van der Waals surface area contributed by atoms with Crippen LogP contribution in [0.3, 0.4) is 0 Å². The first-order valence-electron chi connectivity index (χ1n) is 6.56. The van der Waals surface area contributed by atoms with Gasteiger partial charge in [-0.2, -0.15) is 0 Å². The molecule has 1 aliphatic rings. The molecular weight excluding hydrogens is 276 g/mol. The molecule has 1 amide bonds. The van der Waals surface area contributed by atoms with Crippen LogP contribution in [-0.2, 0) is 4.79 Å². The van der Waals surface area contributed by atoms with E-state index in [1.165, 1.54) is 0 Å². The van der Waals surface area contributed by atoms with Crippen molar-refractivity contribution in [1.29, 1.82) is 0 Å². The second-order valence-corrected chi connectivity index (χ2v) is 5.14. The van der Waals surface area contributed by atoms with E-state index in [1.807, 2.05) is 22.9 Å². The first-order valence-corrected chi connectivity index (χ1v) is 6.94. The Morgan fingerprint density at radius 1 is 1.50 bits per heavy atom. The van der Waals surface area contributed by atoms with E-state index in [-0.39, 0.29) is 11.9 Å². The van der Waals surface area contributed by atoms with Crippen LogP contribution in [0.15, 0.2) is 30.9 Å². The van der Waals surface area contributed by atoms with E-state index in [2.05, 4.69) is 22.5 Å². The molecule has 2 aromatic rings. The molecule has 0 radical (unpaired) electrons. The average molecular weight is 291 g/mol. The number of hydrogen-bond acceptors (Lipinski definition) is 3. The van der Waals surface area contributed by atoms with Gasteiger partial charge in [-0.05, 0) is 25.1 Å². The molecule has 1 unspecified atom stereocenters. The molecule has 1 aliphatic heterocycles. The number of rotatable bonds is 4. The van der Waals surface area contributed by atoms with Crippen molar-refractivity contribution in [2.75, 3.05) is 11.9 Å². The number of benzene rings is 1. The molecule has 1 aromatic heterocycles. The van der Waals surface area contributed by atoms with Gasteiger partial charge < -0.3 is 15.2 Å². The fraction of sp³-hybridized carbons (Fsp3) is 0.286. The minimum Gasteiger partial charge on any atom is -0.324 e. The van der Waals surface area contributed by atoms with E-state index in [0.717, 1.165) is 29.9 Å². The van der Waals surface area contributed by atoms with Crippen molar-refractivity contribution in [1.82, 2.24) is 14.9 Å². The van der Waals surface area contributed by atoms with Crippen LogP contribution in [-0.4, -0.2) is 22.0 Å². The second-order valence-electron chi connectivity index (χ2n) is 4.74. The number of carbonyl (C=O) groups excluding carboxylic acids is 1. The number of halogens is 1. The Morgan fingerprint density at radius 3 is 3.05 bits per heavy atom. The fourth-order valence-electron chi connectivity index (χ4n) is 2.36. The van der Waals surface area contributed by atoms with Gasteiger partial charge in [-0.15, -0.1) is 0 Å². The highest BCUT2D eigenvalue weighted by Gasteiger charge is 2.31. The lowest BCUT2D eigenvalue weighted by Gasteiger charge is -2.12. The van der Waals surface area contributed by atoms with Gasteiger partial charge in [-0.1, -0.05) is 18.5 Å². The van der Waals surface area contributed by atoms with Crippen molar-refractivity contribution in [3.05, 3.63) is 41.4 Å². The third kappa shape index (κ3) is 2.19. The van der Waals surface area contributed by atoms with Crippen LogP contribution >= 0.6 is 11.6 Å². The van der Waals surface area contributed by atoms with Gasteiger partial charge in [0.15, 0.2) is 0 Å². The predicted molar refractivity (Wildman–Crippen MR) is 78.2 cm³/mol. The van der Waals surface area contributed by atoms with Crippen LogP contribution in [0.1, 0.15) is 24.9 Å². The standard InChI is InChI=1S/C14H15ClN4O/c1-2-3-17-13-9-6-10(15)12(19-5-4-16-8-19)7-11(9)18-14(13)20/h4-8,13,17H,2-3H2,1H3,(H,18,20). The smallest absolute Gasteiger partial charge is 0.246 e. The quantitative estimate of drug-likeness (QED) is 0.910. The van der Waals surface area contributed by atoms with Gasteiger partial charge in [0.2, 0.25) is 5.91 Å². The molecule has 0 saturated heterocycles. The fourth-order valence-corrected chi connectivity index (χ4v) is 2.63. The van der Waals surface area contributed by atoms with Crippen molar-refractivity contribution in [3.8, 4) is 5.69 Å². The van der Waals surface area contributed by atoms with Crippen LogP contribution in [0, 0.1) is 0 Å². The molecule has 20 heavy (non-hydrogen) atoms. The van der Waals surface area contributed by atoms with Gasteiger partial charge in [-0.25, -0.2) is 4.98 Å². The highest BCUT2D eigenvalue weighted by Crippen LogP contribution is 2.36. The third-order valence-corrected chi connectivity index (χ3v) is 3.63. The van der Waals surface area contributed by atoms with Crippen molar-refractivity contribution >= 4 is 23.2 Å². The van der Waals surface area contributed by atoms with Gasteiger partial charge in [0.1, 0.15) is 6.04 Å². The highest BCUT2D eigenvalue weighted by atomic mass is 35.5. The monoisotopic (exact) mass is 290 g/mol. The predicted octanol–water partition coefficient (Wildman–Crippen LogP) is 2.52. The number of nitrogens with one attached hydrogen (secondary N) is 2. The SMILES string of the molecule is CCCNC1C(=O)Nc2cc(-n3ccnc3)c(Cl)cc21. The lowest BCUT2D eigenvalue weighted by molar-refractivity contribution is -0.117. The molecule has 1 atom stereocenters. The summed E-state index contributed by atoms with van der Waals surface area (Å²) in [7, 11) is 0. The number of amides is 1. The van der Waals surface area contributed by atoms with Gasteiger partial charge in [-0.3, -0.25) is 4.79 Å². The highest BCUT2D eigenvalue weighted by molar-refractivity contribution is 6.32. The molecule has 2 heterocycles. The summed E-state index contributed by atoms with van der Waals surface area (Å²) in [4.78, 5) is 16.0. The molecule has 2 N–H and O–H groups in total. The van der Waals surface area contributed by atoms with E-state index < -0.39 is 0 Å². The third-order valence-electron chi connectivity index (χ3n) is 3.33. The largest absolute Gasteiger partial charge is 0.324 e. The molecule has 0 fully saturated rings. The average Bonchev–Trinajstić information content (AvgIpc) is 3.04. The first-order chi connectivity index (χ1) is 9.70. The van der Waals surface area contributed by atoms with E-state index in [4.69, 9.17) is 11.6 Å². The van der Waals surface area contributed by atoms with Crippen molar-refractivity contribution in [2.45, 2.75) is 19.4 Å². The summed E-state index contributed by atoms with van der Waals surface area (Å²) < 4.78 is 1.82. The Morgan fingerprint density at radius 2 is 2.35 bits per heavy atom. The zero-order valence-electron chi connectivity index (χ0n) is 11.1. The molecule has 1 aromatic carbocycles. The summed E-state index contributed by atoms with van der Waals surface area (Å²) in [5.74, 6) is -0.0349. The van der Waals surface area contributed by atoms with Gasteiger partial charge in [0.05, 0.1) is 17.0 Å². The first kappa shape index (κ1) is 13.1. The Hall–Kier alpha value is -1.85. The van der Waals surface area contributed by atoms with E-state index in [0.29, 0.717) is 5.02 Å². The van der Waals surface area contributed by atoms with Gasteiger partial charge in [0, 0.05) is 23.6 Å². The summed E-state index contributed by atoms with van der Waals surface area (Å²) >= 11 is 6.33. The molecular formula is C14H15ClN4O. The van der Waals surface area contributed by atoms with E-state index in [9.17, 15) is 4.79 Å². The molecule has 0 saturated carbocycles. The van der Waals surface area contributed by atoms with Crippen LogP contribution in [0.2, 0.25) is 5.02 Å². The lowest BCUT2D eigenvalue weighted by atomic mass is 10.1. The summed E-state index contributed by atoms with van der Waals surface area (Å²) in [6.45, 7) is 2.86. The number of nitrogens with zero attached hydrogens (tertiary/aromatic N) is 2. The maximum atomic E-state index is 12.0. The van der Waals surface area contributed by atoms with Crippen LogP contribution < -0.4 is 10.6 Å². The molecule has 6 heteroatoms. The summed E-state index contributed by atoms with van der Waals surface area (Å²) in [6.07, 6.45) is 6.15. The number of aromatic nitrogens is 2. The second kappa shape index (κ2) is 5.26. The molecule has 0 spiro atoms. The van der Waals surface area contributed by atoms with Crippen molar-refractivity contribution < 1.29 is 4.79 Å². The number of fused-ring (bicyclic) bond motifs is 1. The lowest BCUT2D eigenvalue weighted by Crippen LogP contribution is -2.27. The van der Waals surface area contributed by atoms with E-state index >= 15 is 0 Å². The normalized spacial score (nSPS) is 17.1. The Bertz CT molecular complexity index is 639. The number of anilines is 1. The molecule has 0 aliphatic carbocycles. The van der Waals surface area contributed by atoms with Gasteiger partial charge >= 0.3 is 0 Å². The topological polar surface area (TPSA) is 59.0 Å². The number of imidazole rings is 1. The van der Waals surface area contributed by atoms with E-state index in [1.54, 1.807) is 12.5 Å². The van der Waals surface area contributed by atoms with Gasteiger partial charge in [0.25, 0.3) is 0 Å². The zero-order chi connectivity index (χ0) is 14.1. The minimum atomic E-state index is -0.320. The summed E-state index contributed by atoms with van der Waals surface area (Å²) in [6, 6.07) is 3.40. The minimum absolute atomic E-state index is 0.0349. The molecule has 3 rings (SSSR count). The maximum absolute atomic E-state index is 12.0. The molecule has 104 valence electrons. The summed E-state index contributed by atoms with van der Waals surface area (Å²) in [5.41, 5.74) is 2.51. The number of carbonyl (C=O) groups is 1. The zero-order valence-corrected chi connectivity index (χ0v) is 11.8. The number of hydrogen-bond donors (Lipinski definition) is 2. The van der Waals surface area contributed by atoms with Crippen molar-refractivity contribution in [3.63, 3.8) is 0 Å². The van der Waals surface area contributed by atoms with Crippen LogP contribution in [0.25, 0.3) is 5.69 Å².